The Bertz CT molecular complexity index is 761. The molecule has 0 spiro atoms. The van der Waals surface area contributed by atoms with Crippen molar-refractivity contribution in [2.75, 3.05) is 44.6 Å². The van der Waals surface area contributed by atoms with Crippen molar-refractivity contribution >= 4 is 17.3 Å². The van der Waals surface area contributed by atoms with Crippen LogP contribution in [0.5, 0.6) is 17.2 Å². The number of likely N-dealkylation sites (N-methyl/N-ethyl adjacent to an activating group) is 1. The Labute approximate surface area is 140 Å². The van der Waals surface area contributed by atoms with Gasteiger partial charge in [-0.2, -0.15) is 0 Å². The van der Waals surface area contributed by atoms with Crippen LogP contribution < -0.4 is 24.4 Å². The Balaban J connectivity index is 1.81. The van der Waals surface area contributed by atoms with Gasteiger partial charge in [0, 0.05) is 18.3 Å². The standard InChI is InChI=1S/C18H20N2O4/c1-20-8-9-24-15-7-5-13(11-14(15)20)19-18(21)12-4-6-16(22-2)17(10-12)23-3/h4-7,10-11H,8-9H2,1-3H3,(H,19,21). The van der Waals surface area contributed by atoms with Crippen LogP contribution in [0.2, 0.25) is 0 Å². The number of benzene rings is 2. The second-order valence-corrected chi connectivity index (χ2v) is 5.48. The van der Waals surface area contributed by atoms with Crippen LogP contribution in [-0.4, -0.2) is 40.3 Å². The summed E-state index contributed by atoms with van der Waals surface area (Å²) in [6.07, 6.45) is 0. The molecule has 0 unspecified atom stereocenters. The zero-order valence-electron chi connectivity index (χ0n) is 14.0. The maximum Gasteiger partial charge on any atom is 0.255 e. The highest BCUT2D eigenvalue weighted by Crippen LogP contribution is 2.33. The number of rotatable bonds is 4. The molecule has 6 heteroatoms. The summed E-state index contributed by atoms with van der Waals surface area (Å²) >= 11 is 0. The number of hydrogen-bond acceptors (Lipinski definition) is 5. The van der Waals surface area contributed by atoms with Gasteiger partial charge in [0.2, 0.25) is 0 Å². The lowest BCUT2D eigenvalue weighted by atomic mass is 10.1. The maximum absolute atomic E-state index is 12.5. The lowest BCUT2D eigenvalue weighted by Gasteiger charge is -2.28. The molecule has 0 fully saturated rings. The summed E-state index contributed by atoms with van der Waals surface area (Å²) < 4.78 is 16.0. The molecular weight excluding hydrogens is 308 g/mol. The number of amides is 1. The number of hydrogen-bond donors (Lipinski definition) is 1. The Hall–Kier alpha value is -2.89. The molecule has 6 nitrogen and oxygen atoms in total. The summed E-state index contributed by atoms with van der Waals surface area (Å²) in [4.78, 5) is 14.6. The number of methoxy groups -OCH3 is 2. The Kier molecular flexibility index (Phi) is 4.46. The molecule has 1 N–H and O–H groups in total. The van der Waals surface area contributed by atoms with Crippen LogP contribution in [0.3, 0.4) is 0 Å². The lowest BCUT2D eigenvalue weighted by molar-refractivity contribution is 0.102. The van der Waals surface area contributed by atoms with Gasteiger partial charge in [0.15, 0.2) is 11.5 Å². The molecular formula is C18H20N2O4. The predicted molar refractivity (Wildman–Crippen MR) is 92.7 cm³/mol. The fraction of sp³-hybridized carbons (Fsp3) is 0.278. The van der Waals surface area contributed by atoms with E-state index in [1.165, 1.54) is 0 Å². The van der Waals surface area contributed by atoms with E-state index in [4.69, 9.17) is 14.2 Å². The molecule has 0 saturated heterocycles. The van der Waals surface area contributed by atoms with E-state index in [2.05, 4.69) is 10.2 Å². The molecule has 0 bridgehead atoms. The highest BCUT2D eigenvalue weighted by Gasteiger charge is 2.16. The molecule has 2 aromatic carbocycles. The number of carbonyl (C=O) groups is 1. The third-order valence-corrected chi connectivity index (χ3v) is 3.96. The number of nitrogens with zero attached hydrogens (tertiary/aromatic N) is 1. The van der Waals surface area contributed by atoms with E-state index < -0.39 is 0 Å². The zero-order valence-corrected chi connectivity index (χ0v) is 14.0. The lowest BCUT2D eigenvalue weighted by Crippen LogP contribution is -2.28. The first-order valence-electron chi connectivity index (χ1n) is 7.63. The molecule has 0 radical (unpaired) electrons. The molecule has 1 amide bonds. The van der Waals surface area contributed by atoms with Gasteiger partial charge in [-0.25, -0.2) is 0 Å². The largest absolute Gasteiger partial charge is 0.493 e. The van der Waals surface area contributed by atoms with E-state index in [0.717, 1.165) is 18.0 Å². The van der Waals surface area contributed by atoms with Crippen molar-refractivity contribution in [3.05, 3.63) is 42.0 Å². The van der Waals surface area contributed by atoms with E-state index in [9.17, 15) is 4.79 Å². The predicted octanol–water partition coefficient (Wildman–Crippen LogP) is 2.78. The maximum atomic E-state index is 12.5. The van der Waals surface area contributed by atoms with Gasteiger partial charge in [0.25, 0.3) is 5.91 Å². The normalized spacial score (nSPS) is 12.9. The second-order valence-electron chi connectivity index (χ2n) is 5.48. The third kappa shape index (κ3) is 3.08. The molecule has 0 saturated carbocycles. The van der Waals surface area contributed by atoms with Crippen molar-refractivity contribution < 1.29 is 19.0 Å². The molecule has 126 valence electrons. The van der Waals surface area contributed by atoms with Crippen molar-refractivity contribution in [3.8, 4) is 17.2 Å². The minimum absolute atomic E-state index is 0.213. The number of nitrogens with one attached hydrogen (secondary N) is 1. The summed E-state index contributed by atoms with van der Waals surface area (Å²) in [6, 6.07) is 10.7. The summed E-state index contributed by atoms with van der Waals surface area (Å²) in [5, 5.41) is 2.90. The van der Waals surface area contributed by atoms with Crippen LogP contribution in [-0.2, 0) is 0 Å². The molecule has 0 atom stereocenters. The number of fused-ring (bicyclic) bond motifs is 1. The average Bonchev–Trinajstić information content (AvgIpc) is 2.61. The molecule has 3 rings (SSSR count). The summed E-state index contributed by atoms with van der Waals surface area (Å²) in [6.45, 7) is 1.49. The van der Waals surface area contributed by atoms with Crippen molar-refractivity contribution in [1.82, 2.24) is 0 Å². The summed E-state index contributed by atoms with van der Waals surface area (Å²) in [5.74, 6) is 1.72. The SMILES string of the molecule is COc1ccc(C(=O)Nc2ccc3c(c2)N(C)CCO3)cc1OC. The van der Waals surface area contributed by atoms with Crippen LogP contribution >= 0.6 is 0 Å². The highest BCUT2D eigenvalue weighted by molar-refractivity contribution is 6.05. The highest BCUT2D eigenvalue weighted by atomic mass is 16.5. The van der Waals surface area contributed by atoms with Crippen LogP contribution in [0, 0.1) is 0 Å². The Morgan fingerprint density at radius 3 is 2.67 bits per heavy atom. The molecule has 1 aliphatic heterocycles. The smallest absolute Gasteiger partial charge is 0.255 e. The van der Waals surface area contributed by atoms with E-state index in [0.29, 0.717) is 29.4 Å². The fourth-order valence-electron chi connectivity index (χ4n) is 2.61. The molecule has 1 heterocycles. The van der Waals surface area contributed by atoms with Gasteiger partial charge in [0.05, 0.1) is 26.5 Å². The minimum atomic E-state index is -0.213. The first-order chi connectivity index (χ1) is 11.6. The van der Waals surface area contributed by atoms with Gasteiger partial charge < -0.3 is 24.4 Å². The Morgan fingerprint density at radius 2 is 1.92 bits per heavy atom. The topological polar surface area (TPSA) is 60.0 Å². The van der Waals surface area contributed by atoms with Crippen LogP contribution in [0.25, 0.3) is 0 Å². The van der Waals surface area contributed by atoms with Gasteiger partial charge >= 0.3 is 0 Å². The van der Waals surface area contributed by atoms with Gasteiger partial charge in [-0.15, -0.1) is 0 Å². The first-order valence-corrected chi connectivity index (χ1v) is 7.63. The number of carbonyl (C=O) groups excluding carboxylic acids is 1. The first kappa shape index (κ1) is 16.0. The average molecular weight is 328 g/mol. The summed E-state index contributed by atoms with van der Waals surface area (Å²) in [5.41, 5.74) is 2.17. The molecule has 0 aromatic heterocycles. The van der Waals surface area contributed by atoms with Crippen LogP contribution in [0.1, 0.15) is 10.4 Å². The van der Waals surface area contributed by atoms with E-state index in [1.54, 1.807) is 32.4 Å². The minimum Gasteiger partial charge on any atom is -0.493 e. The van der Waals surface area contributed by atoms with Gasteiger partial charge in [-0.05, 0) is 36.4 Å². The second kappa shape index (κ2) is 6.70. The van der Waals surface area contributed by atoms with Crippen LogP contribution in [0.15, 0.2) is 36.4 Å². The third-order valence-electron chi connectivity index (χ3n) is 3.96. The van der Waals surface area contributed by atoms with Crippen molar-refractivity contribution in [1.29, 1.82) is 0 Å². The molecule has 1 aliphatic rings. The van der Waals surface area contributed by atoms with Crippen molar-refractivity contribution in [3.63, 3.8) is 0 Å². The molecule has 24 heavy (non-hydrogen) atoms. The van der Waals surface area contributed by atoms with Crippen LogP contribution in [0.4, 0.5) is 11.4 Å². The number of ether oxygens (including phenoxy) is 3. The van der Waals surface area contributed by atoms with E-state index in [1.807, 2.05) is 25.2 Å². The Morgan fingerprint density at radius 1 is 1.12 bits per heavy atom. The zero-order chi connectivity index (χ0) is 17.1. The van der Waals surface area contributed by atoms with Crippen molar-refractivity contribution in [2.45, 2.75) is 0 Å². The van der Waals surface area contributed by atoms with Gasteiger partial charge in [-0.3, -0.25) is 4.79 Å². The molecule has 2 aromatic rings. The van der Waals surface area contributed by atoms with Gasteiger partial charge in [0.1, 0.15) is 12.4 Å². The van der Waals surface area contributed by atoms with E-state index in [-0.39, 0.29) is 5.91 Å². The molecule has 0 aliphatic carbocycles. The quantitative estimate of drug-likeness (QED) is 0.935. The fourth-order valence-corrected chi connectivity index (χ4v) is 2.61. The number of anilines is 2. The van der Waals surface area contributed by atoms with Crippen molar-refractivity contribution in [2.24, 2.45) is 0 Å². The van der Waals surface area contributed by atoms with Gasteiger partial charge in [-0.1, -0.05) is 0 Å². The van der Waals surface area contributed by atoms with E-state index >= 15 is 0 Å². The monoisotopic (exact) mass is 328 g/mol. The summed E-state index contributed by atoms with van der Waals surface area (Å²) in [7, 11) is 5.10.